The van der Waals surface area contributed by atoms with E-state index in [0.29, 0.717) is 6.42 Å². The average molecular weight is 426 g/mol. The summed E-state index contributed by atoms with van der Waals surface area (Å²) in [6, 6.07) is 0. The largest absolute Gasteiger partial charge is 0.476 e. The summed E-state index contributed by atoms with van der Waals surface area (Å²) >= 11 is 35.7. The van der Waals surface area contributed by atoms with Crippen LogP contribution in [0.1, 0.15) is 13.3 Å². The quantitative estimate of drug-likeness (QED) is 0.461. The number of halogens is 6. The maximum absolute atomic E-state index is 6.05. The first-order valence-electron chi connectivity index (χ1n) is 6.04. The van der Waals surface area contributed by atoms with Crippen LogP contribution in [0.2, 0.25) is 0 Å². The lowest BCUT2D eigenvalue weighted by Gasteiger charge is -2.45. The third kappa shape index (κ3) is 3.63. The standard InChI is InChI=1S/C12H11Cl6N3O/c1-3-7-19-8(11(13,14)15)20-9(12(16,17)18)21(7)10(2)5-4-6-22-10/h3-4,6-7H,1,5H2,2H3. The topological polar surface area (TPSA) is 37.2 Å². The molecule has 2 atom stereocenters. The predicted octanol–water partition coefficient (Wildman–Crippen LogP) is 5.00. The molecular formula is C12H11Cl6N3O. The fourth-order valence-electron chi connectivity index (χ4n) is 2.15. The zero-order chi connectivity index (χ0) is 16.8. The summed E-state index contributed by atoms with van der Waals surface area (Å²) in [5, 5.41) is 0. The molecule has 10 heteroatoms. The van der Waals surface area contributed by atoms with Gasteiger partial charge in [0.1, 0.15) is 6.17 Å². The minimum atomic E-state index is -1.87. The number of alkyl halides is 6. The van der Waals surface area contributed by atoms with Crippen LogP contribution in [-0.4, -0.2) is 36.0 Å². The van der Waals surface area contributed by atoms with Gasteiger partial charge in [-0.15, -0.1) is 0 Å². The van der Waals surface area contributed by atoms with Gasteiger partial charge in [0.05, 0.1) is 6.26 Å². The average Bonchev–Trinajstić information content (AvgIpc) is 2.83. The third-order valence-corrected chi connectivity index (χ3v) is 4.12. The van der Waals surface area contributed by atoms with Gasteiger partial charge >= 0.3 is 0 Å². The summed E-state index contributed by atoms with van der Waals surface area (Å²) in [4.78, 5) is 10.0. The predicted molar refractivity (Wildman–Crippen MR) is 94.5 cm³/mol. The highest BCUT2D eigenvalue weighted by molar-refractivity contribution is 6.79. The molecule has 0 saturated heterocycles. The van der Waals surface area contributed by atoms with Crippen molar-refractivity contribution in [2.45, 2.75) is 32.8 Å². The highest BCUT2D eigenvalue weighted by atomic mass is 35.6. The van der Waals surface area contributed by atoms with E-state index in [1.807, 2.05) is 13.0 Å². The van der Waals surface area contributed by atoms with Crippen molar-refractivity contribution in [2.75, 3.05) is 0 Å². The molecule has 2 rings (SSSR count). The van der Waals surface area contributed by atoms with E-state index >= 15 is 0 Å². The monoisotopic (exact) mass is 423 g/mol. The molecule has 2 heterocycles. The molecule has 0 aromatic rings. The molecule has 0 bridgehead atoms. The Morgan fingerprint density at radius 1 is 1.32 bits per heavy atom. The number of hydrogen-bond donors (Lipinski definition) is 0. The summed E-state index contributed by atoms with van der Waals surface area (Å²) in [6.45, 7) is 5.54. The van der Waals surface area contributed by atoms with Crippen LogP contribution in [0.25, 0.3) is 0 Å². The normalized spacial score (nSPS) is 29.0. The highest BCUT2D eigenvalue weighted by Crippen LogP contribution is 2.41. The van der Waals surface area contributed by atoms with Gasteiger partial charge in [-0.05, 0) is 19.1 Å². The van der Waals surface area contributed by atoms with Gasteiger partial charge in [0.25, 0.3) is 0 Å². The Bertz CT molecular complexity index is 552. The molecule has 122 valence electrons. The van der Waals surface area contributed by atoms with E-state index in [-0.39, 0.29) is 11.7 Å². The zero-order valence-corrected chi connectivity index (χ0v) is 15.8. The van der Waals surface area contributed by atoms with Crippen LogP contribution in [0.5, 0.6) is 0 Å². The minimum absolute atomic E-state index is 0.0462. The van der Waals surface area contributed by atoms with Crippen LogP contribution in [0, 0.1) is 0 Å². The minimum Gasteiger partial charge on any atom is -0.476 e. The maximum Gasteiger partial charge on any atom is 0.249 e. The Hall–Kier alpha value is 0.160. The van der Waals surface area contributed by atoms with Crippen molar-refractivity contribution >= 4 is 81.3 Å². The number of hydrogen-bond acceptors (Lipinski definition) is 4. The van der Waals surface area contributed by atoms with E-state index in [4.69, 9.17) is 74.3 Å². The molecule has 2 aliphatic rings. The van der Waals surface area contributed by atoms with Crippen LogP contribution in [-0.2, 0) is 4.74 Å². The smallest absolute Gasteiger partial charge is 0.249 e. The van der Waals surface area contributed by atoms with Crippen LogP contribution in [0.4, 0.5) is 0 Å². The SMILES string of the molecule is C=CC1N=C(C(Cl)(Cl)Cl)N=C(C(Cl)(Cl)Cl)N1C1(C)CC=CO1. The molecule has 0 spiro atoms. The lowest BCUT2D eigenvalue weighted by atomic mass is 10.1. The summed E-state index contributed by atoms with van der Waals surface area (Å²) in [5.41, 5.74) is -0.843. The maximum atomic E-state index is 6.05. The zero-order valence-electron chi connectivity index (χ0n) is 11.2. The van der Waals surface area contributed by atoms with Crippen LogP contribution >= 0.6 is 69.6 Å². The Labute approximate surface area is 158 Å². The van der Waals surface area contributed by atoms with Crippen molar-refractivity contribution in [3.63, 3.8) is 0 Å². The second kappa shape index (κ2) is 6.23. The fraction of sp³-hybridized carbons (Fsp3) is 0.500. The first-order chi connectivity index (χ1) is 9.99. The van der Waals surface area contributed by atoms with Crippen LogP contribution < -0.4 is 0 Å². The van der Waals surface area contributed by atoms with E-state index in [0.717, 1.165) is 0 Å². The van der Waals surface area contributed by atoms with E-state index in [1.54, 1.807) is 11.2 Å². The van der Waals surface area contributed by atoms with Crippen molar-refractivity contribution in [3.8, 4) is 0 Å². The van der Waals surface area contributed by atoms with Gasteiger partial charge in [-0.3, -0.25) is 4.90 Å². The summed E-state index contributed by atoms with van der Waals surface area (Å²) in [6.07, 6.45) is 4.79. The first-order valence-corrected chi connectivity index (χ1v) is 8.31. The highest BCUT2D eigenvalue weighted by Gasteiger charge is 2.49. The summed E-state index contributed by atoms with van der Waals surface area (Å²) in [7, 11) is 0. The third-order valence-electron chi connectivity index (χ3n) is 3.10. The van der Waals surface area contributed by atoms with Crippen molar-refractivity contribution in [1.29, 1.82) is 0 Å². The molecule has 0 aliphatic carbocycles. The molecule has 0 amide bonds. The molecule has 2 unspecified atom stereocenters. The Morgan fingerprint density at radius 3 is 2.36 bits per heavy atom. The van der Waals surface area contributed by atoms with Crippen LogP contribution in [0.15, 0.2) is 35.0 Å². The van der Waals surface area contributed by atoms with Crippen molar-refractivity contribution in [2.24, 2.45) is 9.98 Å². The number of amidine groups is 2. The molecule has 0 N–H and O–H groups in total. The second-order valence-electron chi connectivity index (χ2n) is 4.77. The summed E-state index contributed by atoms with van der Waals surface area (Å²) in [5.74, 6) is -0.0422. The van der Waals surface area contributed by atoms with Gasteiger partial charge in [0, 0.05) is 6.42 Å². The van der Waals surface area contributed by atoms with Crippen LogP contribution in [0.3, 0.4) is 0 Å². The Balaban J connectivity index is 2.55. The molecule has 0 aromatic heterocycles. The lowest BCUT2D eigenvalue weighted by molar-refractivity contribution is -0.0577. The number of rotatable bonds is 2. The van der Waals surface area contributed by atoms with E-state index < -0.39 is 19.5 Å². The fourth-order valence-corrected chi connectivity index (χ4v) is 2.83. The van der Waals surface area contributed by atoms with Gasteiger partial charge in [0.15, 0.2) is 17.4 Å². The van der Waals surface area contributed by atoms with Gasteiger partial charge in [-0.2, -0.15) is 0 Å². The number of nitrogens with zero attached hydrogens (tertiary/aromatic N) is 3. The van der Waals surface area contributed by atoms with Gasteiger partial charge in [0.2, 0.25) is 7.59 Å². The van der Waals surface area contributed by atoms with Crippen molar-refractivity contribution in [1.82, 2.24) is 4.90 Å². The van der Waals surface area contributed by atoms with Gasteiger partial charge in [-0.1, -0.05) is 76.2 Å². The Morgan fingerprint density at radius 2 is 1.95 bits per heavy atom. The molecule has 0 aromatic carbocycles. The molecular weight excluding hydrogens is 415 g/mol. The molecule has 22 heavy (non-hydrogen) atoms. The lowest BCUT2D eigenvalue weighted by Crippen LogP contribution is -2.59. The van der Waals surface area contributed by atoms with Gasteiger partial charge < -0.3 is 4.74 Å². The van der Waals surface area contributed by atoms with Gasteiger partial charge in [-0.25, -0.2) is 9.98 Å². The molecule has 4 nitrogen and oxygen atoms in total. The molecule has 0 fully saturated rings. The number of ether oxygens (including phenoxy) is 1. The number of aliphatic imine (C=N–C) groups is 2. The molecule has 0 radical (unpaired) electrons. The second-order valence-corrected chi connectivity index (χ2v) is 9.33. The molecule has 0 saturated carbocycles. The van der Waals surface area contributed by atoms with E-state index in [9.17, 15) is 0 Å². The molecule has 2 aliphatic heterocycles. The summed E-state index contributed by atoms with van der Waals surface area (Å²) < 4.78 is 1.91. The van der Waals surface area contributed by atoms with E-state index in [1.165, 1.54) is 6.08 Å². The first kappa shape index (κ1) is 18.5. The van der Waals surface area contributed by atoms with E-state index in [2.05, 4.69) is 16.6 Å². The Kier molecular flexibility index (Phi) is 5.24. The van der Waals surface area contributed by atoms with Crippen molar-refractivity contribution in [3.05, 3.63) is 25.0 Å². The van der Waals surface area contributed by atoms with Crippen molar-refractivity contribution < 1.29 is 4.74 Å².